The molecule has 4 aromatic rings. The second kappa shape index (κ2) is 8.46. The van der Waals surface area contributed by atoms with Crippen molar-refractivity contribution < 1.29 is 4.79 Å². The summed E-state index contributed by atoms with van der Waals surface area (Å²) in [6, 6.07) is 22.5. The van der Waals surface area contributed by atoms with Crippen LogP contribution in [0.5, 0.6) is 0 Å². The molecule has 2 aromatic heterocycles. The lowest BCUT2D eigenvalue weighted by Gasteiger charge is -2.19. The Balaban J connectivity index is 1.48. The number of carbonyl (C=O) groups excluding carboxylic acids is 1. The van der Waals surface area contributed by atoms with Crippen molar-refractivity contribution in [3.05, 3.63) is 78.5 Å². The smallest absolute Gasteiger partial charge is 0.254 e. The number of carbonyl (C=O) groups is 1. The number of para-hydroxylation sites is 1. The van der Waals surface area contributed by atoms with Gasteiger partial charge in [-0.25, -0.2) is 9.67 Å². The van der Waals surface area contributed by atoms with Gasteiger partial charge >= 0.3 is 0 Å². The molecule has 1 unspecified atom stereocenters. The highest BCUT2D eigenvalue weighted by atomic mass is 16.2. The molecule has 6 nitrogen and oxygen atoms in total. The fourth-order valence-electron chi connectivity index (χ4n) is 4.33. The first-order valence-electron chi connectivity index (χ1n) is 11.1. The first-order valence-corrected chi connectivity index (χ1v) is 11.1. The molecule has 3 heterocycles. The van der Waals surface area contributed by atoms with Crippen LogP contribution < -0.4 is 5.32 Å². The maximum atomic E-state index is 13.7. The molecule has 5 rings (SSSR count). The highest BCUT2D eigenvalue weighted by Gasteiger charge is 2.29. The first-order chi connectivity index (χ1) is 15.6. The predicted octanol–water partition coefficient (Wildman–Crippen LogP) is 5.01. The molecule has 0 spiro atoms. The van der Waals surface area contributed by atoms with Gasteiger partial charge in [-0.15, -0.1) is 0 Å². The highest BCUT2D eigenvalue weighted by Crippen LogP contribution is 2.28. The lowest BCUT2D eigenvalue weighted by molar-refractivity contribution is 0.0793. The minimum Gasteiger partial charge on any atom is -0.380 e. The number of hydrogen-bond donors (Lipinski definition) is 1. The summed E-state index contributed by atoms with van der Waals surface area (Å²) in [5.41, 5.74) is 4.29. The van der Waals surface area contributed by atoms with Gasteiger partial charge in [0.2, 0.25) is 0 Å². The van der Waals surface area contributed by atoms with Gasteiger partial charge in [0.25, 0.3) is 5.91 Å². The van der Waals surface area contributed by atoms with E-state index in [2.05, 4.69) is 36.4 Å². The van der Waals surface area contributed by atoms with Crippen LogP contribution in [0.25, 0.3) is 22.3 Å². The van der Waals surface area contributed by atoms with Gasteiger partial charge in [0, 0.05) is 36.4 Å². The van der Waals surface area contributed by atoms with Gasteiger partial charge in [-0.05, 0) is 38.5 Å². The number of nitrogens with one attached hydrogen (secondary N) is 1. The maximum Gasteiger partial charge on any atom is 0.254 e. The number of pyridine rings is 1. The van der Waals surface area contributed by atoms with Gasteiger partial charge in [-0.2, -0.15) is 5.10 Å². The Labute approximate surface area is 187 Å². The Morgan fingerprint density at radius 1 is 1.06 bits per heavy atom. The minimum atomic E-state index is 0.0373. The number of fused-ring (bicyclic) bond motifs is 1. The van der Waals surface area contributed by atoms with Crippen LogP contribution in [0.15, 0.2) is 72.9 Å². The first kappa shape index (κ1) is 20.2. The molecule has 0 saturated carbocycles. The van der Waals surface area contributed by atoms with Crippen molar-refractivity contribution in [1.82, 2.24) is 19.7 Å². The average Bonchev–Trinajstić information content (AvgIpc) is 3.46. The third-order valence-electron chi connectivity index (χ3n) is 5.98. The standard InChI is InChI=1S/C26H27N5O/c1-18(2)31-25-23(16-27-31)22(15-24(29-25)19-9-5-3-6-10-19)26(32)30-14-13-21(17-30)28-20-11-7-4-8-12-20/h3-12,15-16,18,21,28H,13-14,17H2,1-2H3. The van der Waals surface area contributed by atoms with Crippen LogP contribution in [0.2, 0.25) is 0 Å². The minimum absolute atomic E-state index is 0.0373. The topological polar surface area (TPSA) is 63.1 Å². The van der Waals surface area contributed by atoms with Gasteiger partial charge in [-0.1, -0.05) is 48.5 Å². The van der Waals surface area contributed by atoms with Crippen LogP contribution in [0.1, 0.15) is 36.7 Å². The summed E-state index contributed by atoms with van der Waals surface area (Å²) < 4.78 is 1.89. The molecule has 1 aliphatic rings. The summed E-state index contributed by atoms with van der Waals surface area (Å²) in [7, 11) is 0. The van der Waals surface area contributed by atoms with E-state index >= 15 is 0 Å². The Kier molecular flexibility index (Phi) is 5.35. The van der Waals surface area contributed by atoms with Crippen molar-refractivity contribution in [3.8, 4) is 11.3 Å². The lowest BCUT2D eigenvalue weighted by atomic mass is 10.1. The summed E-state index contributed by atoms with van der Waals surface area (Å²) in [4.78, 5) is 20.5. The molecule has 1 aliphatic heterocycles. The summed E-state index contributed by atoms with van der Waals surface area (Å²) in [5, 5.41) is 8.90. The molecule has 1 N–H and O–H groups in total. The monoisotopic (exact) mass is 425 g/mol. The maximum absolute atomic E-state index is 13.7. The molecule has 1 saturated heterocycles. The van der Waals surface area contributed by atoms with Gasteiger partial charge in [0.15, 0.2) is 5.65 Å². The molecule has 32 heavy (non-hydrogen) atoms. The second-order valence-corrected chi connectivity index (χ2v) is 8.59. The number of benzene rings is 2. The number of amides is 1. The van der Waals surface area contributed by atoms with E-state index in [0.29, 0.717) is 12.1 Å². The number of nitrogens with zero attached hydrogens (tertiary/aromatic N) is 4. The largest absolute Gasteiger partial charge is 0.380 e. The third kappa shape index (κ3) is 3.84. The zero-order valence-corrected chi connectivity index (χ0v) is 18.4. The SMILES string of the molecule is CC(C)n1ncc2c(C(=O)N3CCC(Nc4ccccc4)C3)cc(-c3ccccc3)nc21. The van der Waals surface area contributed by atoms with Gasteiger partial charge in [0.05, 0.1) is 22.8 Å². The van der Waals surface area contributed by atoms with Crippen LogP contribution >= 0.6 is 0 Å². The normalized spacial score (nSPS) is 16.1. The fraction of sp³-hybridized carbons (Fsp3) is 0.269. The van der Waals surface area contributed by atoms with E-state index in [1.165, 1.54) is 0 Å². The molecule has 1 atom stereocenters. The second-order valence-electron chi connectivity index (χ2n) is 8.59. The molecular formula is C26H27N5O. The van der Waals surface area contributed by atoms with Crippen molar-refractivity contribution in [2.75, 3.05) is 18.4 Å². The van der Waals surface area contributed by atoms with E-state index in [0.717, 1.165) is 40.9 Å². The fourth-order valence-corrected chi connectivity index (χ4v) is 4.33. The zero-order chi connectivity index (χ0) is 22.1. The molecule has 0 radical (unpaired) electrons. The number of hydrogen-bond acceptors (Lipinski definition) is 4. The third-order valence-corrected chi connectivity index (χ3v) is 5.98. The molecule has 1 amide bonds. The highest BCUT2D eigenvalue weighted by molar-refractivity contribution is 6.06. The van der Waals surface area contributed by atoms with Crippen molar-refractivity contribution in [3.63, 3.8) is 0 Å². The van der Waals surface area contributed by atoms with E-state index in [1.54, 1.807) is 6.20 Å². The number of anilines is 1. The van der Waals surface area contributed by atoms with Crippen LogP contribution in [0.3, 0.4) is 0 Å². The van der Waals surface area contributed by atoms with Crippen LogP contribution in [-0.2, 0) is 0 Å². The van der Waals surface area contributed by atoms with Crippen molar-refractivity contribution >= 4 is 22.6 Å². The van der Waals surface area contributed by atoms with Crippen LogP contribution in [0, 0.1) is 0 Å². The average molecular weight is 426 g/mol. The van der Waals surface area contributed by atoms with E-state index in [4.69, 9.17) is 4.98 Å². The predicted molar refractivity (Wildman–Crippen MR) is 128 cm³/mol. The molecule has 162 valence electrons. The van der Waals surface area contributed by atoms with Crippen molar-refractivity contribution in [2.24, 2.45) is 0 Å². The van der Waals surface area contributed by atoms with Gasteiger partial charge in [-0.3, -0.25) is 4.79 Å². The summed E-state index contributed by atoms with van der Waals surface area (Å²) in [6.45, 7) is 5.55. The lowest BCUT2D eigenvalue weighted by Crippen LogP contribution is -2.31. The number of rotatable bonds is 5. The number of likely N-dealkylation sites (tertiary alicyclic amines) is 1. The Morgan fingerprint density at radius 2 is 1.78 bits per heavy atom. The summed E-state index contributed by atoms with van der Waals surface area (Å²) in [5.74, 6) is 0.0373. The molecular weight excluding hydrogens is 398 g/mol. The van der Waals surface area contributed by atoms with Crippen LogP contribution in [-0.4, -0.2) is 44.7 Å². The van der Waals surface area contributed by atoms with E-state index in [9.17, 15) is 4.79 Å². The Morgan fingerprint density at radius 3 is 2.50 bits per heavy atom. The van der Waals surface area contributed by atoms with Gasteiger partial charge in [0.1, 0.15) is 0 Å². The van der Waals surface area contributed by atoms with E-state index < -0.39 is 0 Å². The molecule has 0 bridgehead atoms. The molecule has 0 aliphatic carbocycles. The summed E-state index contributed by atoms with van der Waals surface area (Å²) in [6.07, 6.45) is 2.70. The Hall–Kier alpha value is -3.67. The number of aromatic nitrogens is 3. The molecule has 6 heteroatoms. The summed E-state index contributed by atoms with van der Waals surface area (Å²) >= 11 is 0. The zero-order valence-electron chi connectivity index (χ0n) is 18.4. The van der Waals surface area contributed by atoms with E-state index in [-0.39, 0.29) is 18.0 Å². The van der Waals surface area contributed by atoms with Crippen molar-refractivity contribution in [2.45, 2.75) is 32.4 Å². The molecule has 2 aromatic carbocycles. The van der Waals surface area contributed by atoms with Crippen LogP contribution in [0.4, 0.5) is 5.69 Å². The Bertz CT molecular complexity index is 1230. The van der Waals surface area contributed by atoms with E-state index in [1.807, 2.05) is 64.2 Å². The van der Waals surface area contributed by atoms with Crippen molar-refractivity contribution in [1.29, 1.82) is 0 Å². The molecule has 1 fully saturated rings. The quantitative estimate of drug-likeness (QED) is 0.488. The van der Waals surface area contributed by atoms with Gasteiger partial charge < -0.3 is 10.2 Å².